The summed E-state index contributed by atoms with van der Waals surface area (Å²) in [5, 5.41) is 8.38. The Kier molecular flexibility index (Phi) is 5.57. The van der Waals surface area contributed by atoms with Crippen molar-refractivity contribution in [1.82, 2.24) is 14.8 Å². The fourth-order valence-electron chi connectivity index (χ4n) is 4.49. The molecule has 0 spiro atoms. The number of nitrogens with one attached hydrogen (secondary N) is 1. The lowest BCUT2D eigenvalue weighted by Crippen LogP contribution is -2.18. The number of aromatic nitrogens is 3. The molecule has 3 heterocycles. The summed E-state index contributed by atoms with van der Waals surface area (Å²) >= 11 is 5.21. The summed E-state index contributed by atoms with van der Waals surface area (Å²) < 4.78 is 8.08. The summed E-state index contributed by atoms with van der Waals surface area (Å²) in [6.07, 6.45) is 8.11. The monoisotopic (exact) mass is 430 g/mol. The molecule has 0 unspecified atom stereocenters. The minimum absolute atomic E-state index is 0.427. The number of nitrogens with zero attached hydrogens (tertiary/aromatic N) is 2. The summed E-state index contributed by atoms with van der Waals surface area (Å²) in [6, 6.07) is 17.6. The zero-order valence-corrected chi connectivity index (χ0v) is 18.2. The van der Waals surface area contributed by atoms with Gasteiger partial charge in [-0.05, 0) is 55.0 Å². The molecule has 1 aliphatic rings. The summed E-state index contributed by atoms with van der Waals surface area (Å²) in [5.74, 6) is 0. The van der Waals surface area contributed by atoms with Crippen molar-refractivity contribution in [3.8, 4) is 11.1 Å². The highest BCUT2D eigenvalue weighted by Gasteiger charge is 2.20. The molecule has 158 valence electrons. The summed E-state index contributed by atoms with van der Waals surface area (Å²) in [4.78, 5) is 0.427. The number of nitrogens with two attached hydrogens (primary N) is 1. The number of hydrogen-bond acceptors (Lipinski definition) is 3. The zero-order valence-electron chi connectivity index (χ0n) is 17.4. The van der Waals surface area contributed by atoms with Gasteiger partial charge in [0, 0.05) is 59.4 Å². The third kappa shape index (κ3) is 4.13. The Hall–Kier alpha value is -2.96. The third-order valence-corrected chi connectivity index (χ3v) is 6.42. The first-order valence-corrected chi connectivity index (χ1v) is 11.2. The largest absolute Gasteiger partial charge is 0.389 e. The topological polar surface area (TPSA) is 68.9 Å². The molecule has 31 heavy (non-hydrogen) atoms. The normalized spacial score (nSPS) is 14.8. The molecule has 1 fully saturated rings. The Morgan fingerprint density at radius 2 is 2.00 bits per heavy atom. The van der Waals surface area contributed by atoms with E-state index in [0.717, 1.165) is 55.7 Å². The van der Waals surface area contributed by atoms with Crippen molar-refractivity contribution >= 4 is 28.1 Å². The van der Waals surface area contributed by atoms with Crippen LogP contribution in [-0.2, 0) is 17.6 Å². The second-order valence-electron chi connectivity index (χ2n) is 8.17. The molecule has 0 atom stereocenters. The number of aromatic amines is 1. The van der Waals surface area contributed by atoms with Crippen molar-refractivity contribution in [2.75, 3.05) is 13.2 Å². The first kappa shape index (κ1) is 20.0. The quantitative estimate of drug-likeness (QED) is 0.431. The van der Waals surface area contributed by atoms with Crippen LogP contribution in [0.2, 0.25) is 0 Å². The van der Waals surface area contributed by atoms with Crippen LogP contribution in [-0.4, -0.2) is 33.0 Å². The Bertz CT molecular complexity index is 1210. The minimum Gasteiger partial charge on any atom is -0.389 e. The van der Waals surface area contributed by atoms with Gasteiger partial charge in [-0.15, -0.1) is 0 Å². The number of hydrogen-bond donors (Lipinski definition) is 2. The molecule has 2 aromatic carbocycles. The molecule has 1 aliphatic heterocycles. The van der Waals surface area contributed by atoms with E-state index >= 15 is 0 Å². The lowest BCUT2D eigenvalue weighted by molar-refractivity contribution is 0.0707. The lowest BCUT2D eigenvalue weighted by Gasteiger charge is -2.24. The number of rotatable bonds is 6. The molecule has 3 N–H and O–H groups in total. The van der Waals surface area contributed by atoms with Crippen molar-refractivity contribution in [2.24, 2.45) is 5.73 Å². The van der Waals surface area contributed by atoms with Crippen LogP contribution < -0.4 is 5.73 Å². The molecule has 2 aromatic heterocycles. The molecule has 4 aromatic rings. The Morgan fingerprint density at radius 1 is 1.13 bits per heavy atom. The number of benzene rings is 2. The van der Waals surface area contributed by atoms with Crippen LogP contribution in [0.5, 0.6) is 0 Å². The summed E-state index contributed by atoms with van der Waals surface area (Å²) in [5.41, 5.74) is 12.9. The van der Waals surface area contributed by atoms with Gasteiger partial charge in [0.2, 0.25) is 0 Å². The van der Waals surface area contributed by atoms with Crippen LogP contribution in [0.3, 0.4) is 0 Å². The molecule has 0 amide bonds. The molecule has 5 rings (SSSR count). The van der Waals surface area contributed by atoms with Crippen LogP contribution in [0, 0.1) is 0 Å². The van der Waals surface area contributed by atoms with Crippen LogP contribution >= 0.6 is 12.2 Å². The van der Waals surface area contributed by atoms with Crippen LogP contribution in [0.15, 0.2) is 60.9 Å². The van der Waals surface area contributed by atoms with Gasteiger partial charge in [-0.3, -0.25) is 5.10 Å². The molecule has 5 nitrogen and oxygen atoms in total. The Balaban J connectivity index is 1.57. The number of ether oxygens (including phenoxy) is 1. The van der Waals surface area contributed by atoms with Crippen LogP contribution in [0.1, 0.15) is 35.7 Å². The van der Waals surface area contributed by atoms with Gasteiger partial charge >= 0.3 is 0 Å². The highest BCUT2D eigenvalue weighted by atomic mass is 32.1. The predicted octanol–water partition coefficient (Wildman–Crippen LogP) is 4.80. The van der Waals surface area contributed by atoms with Gasteiger partial charge in [-0.25, -0.2) is 0 Å². The molecule has 6 heteroatoms. The van der Waals surface area contributed by atoms with E-state index in [1.807, 2.05) is 24.4 Å². The van der Waals surface area contributed by atoms with E-state index in [4.69, 9.17) is 22.7 Å². The fourth-order valence-corrected chi connectivity index (χ4v) is 4.62. The van der Waals surface area contributed by atoms with Crippen molar-refractivity contribution in [3.63, 3.8) is 0 Å². The fraction of sp³-hybridized carbons (Fsp3) is 0.280. The second-order valence-corrected chi connectivity index (χ2v) is 8.61. The predicted molar refractivity (Wildman–Crippen MR) is 128 cm³/mol. The average Bonchev–Trinajstić information content (AvgIpc) is 3.46. The van der Waals surface area contributed by atoms with E-state index in [1.54, 1.807) is 0 Å². The molecule has 0 radical (unpaired) electrons. The average molecular weight is 431 g/mol. The maximum atomic E-state index is 5.89. The van der Waals surface area contributed by atoms with Crippen molar-refractivity contribution < 1.29 is 4.74 Å². The Morgan fingerprint density at radius 3 is 2.77 bits per heavy atom. The maximum Gasteiger partial charge on any atom is 0.104 e. The van der Waals surface area contributed by atoms with Gasteiger partial charge in [0.25, 0.3) is 0 Å². The van der Waals surface area contributed by atoms with E-state index in [0.29, 0.717) is 11.0 Å². The maximum absolute atomic E-state index is 5.89. The van der Waals surface area contributed by atoms with Crippen molar-refractivity contribution in [2.45, 2.75) is 31.7 Å². The van der Waals surface area contributed by atoms with E-state index in [-0.39, 0.29) is 0 Å². The molecular weight excluding hydrogens is 404 g/mol. The Labute approximate surface area is 187 Å². The second kappa shape index (κ2) is 8.65. The number of aryl methyl sites for hydroxylation is 2. The summed E-state index contributed by atoms with van der Waals surface area (Å²) in [6.45, 7) is 1.63. The smallest absolute Gasteiger partial charge is 0.104 e. The summed E-state index contributed by atoms with van der Waals surface area (Å²) in [7, 11) is 0. The molecule has 0 saturated carbocycles. The van der Waals surface area contributed by atoms with E-state index in [2.05, 4.69) is 51.3 Å². The van der Waals surface area contributed by atoms with Crippen LogP contribution in [0.4, 0.5) is 0 Å². The van der Waals surface area contributed by atoms with E-state index in [1.165, 1.54) is 22.0 Å². The van der Waals surface area contributed by atoms with Gasteiger partial charge < -0.3 is 15.0 Å². The molecule has 0 aliphatic carbocycles. The lowest BCUT2D eigenvalue weighted by atomic mass is 10.0. The van der Waals surface area contributed by atoms with Gasteiger partial charge in [-0.2, -0.15) is 5.10 Å². The highest BCUT2D eigenvalue weighted by molar-refractivity contribution is 7.80. The van der Waals surface area contributed by atoms with Crippen molar-refractivity contribution in [3.05, 3.63) is 77.7 Å². The van der Waals surface area contributed by atoms with E-state index in [9.17, 15) is 0 Å². The SMILES string of the molecule is NC(=S)c1cccc(-c2cn(C3CCOCC3)c3cc(CCc4ccn[nH]4)ccc23)c1. The first-order valence-electron chi connectivity index (χ1n) is 10.8. The molecular formula is C25H26N4OS. The minimum atomic E-state index is 0.427. The third-order valence-electron chi connectivity index (χ3n) is 6.18. The van der Waals surface area contributed by atoms with Gasteiger partial charge in [-0.1, -0.05) is 42.5 Å². The van der Waals surface area contributed by atoms with Crippen LogP contribution in [0.25, 0.3) is 22.0 Å². The number of H-pyrrole nitrogens is 1. The van der Waals surface area contributed by atoms with Gasteiger partial charge in [0.05, 0.1) is 0 Å². The standard InChI is InChI=1S/C25H26N4OS/c26-25(31)19-3-1-2-18(15-19)23-16-29(21-9-12-30-13-10-21)24-14-17(5-7-22(23)24)4-6-20-8-11-27-28-20/h1-3,5,7-8,11,14-16,21H,4,6,9-10,12-13H2,(H2,26,31)(H,27,28). The highest BCUT2D eigenvalue weighted by Crippen LogP contribution is 2.36. The van der Waals surface area contributed by atoms with Gasteiger partial charge in [0.1, 0.15) is 4.99 Å². The van der Waals surface area contributed by atoms with Crippen molar-refractivity contribution in [1.29, 1.82) is 0 Å². The zero-order chi connectivity index (χ0) is 21.2. The number of fused-ring (bicyclic) bond motifs is 1. The number of thiocarbonyl (C=S) groups is 1. The first-order chi connectivity index (χ1) is 15.2. The van der Waals surface area contributed by atoms with Gasteiger partial charge in [0.15, 0.2) is 0 Å². The van der Waals surface area contributed by atoms with E-state index < -0.39 is 0 Å². The molecule has 0 bridgehead atoms. The molecule has 1 saturated heterocycles.